The highest BCUT2D eigenvalue weighted by molar-refractivity contribution is 6.42. The van der Waals surface area contributed by atoms with Gasteiger partial charge in [0.2, 0.25) is 0 Å². The van der Waals surface area contributed by atoms with E-state index in [2.05, 4.69) is 12.2 Å². The summed E-state index contributed by atoms with van der Waals surface area (Å²) in [5.41, 5.74) is 1.19. The number of halogens is 2. The molecule has 1 aliphatic heterocycles. The summed E-state index contributed by atoms with van der Waals surface area (Å²) in [4.78, 5) is 0. The van der Waals surface area contributed by atoms with Crippen molar-refractivity contribution >= 4 is 23.2 Å². The molecule has 3 unspecified atom stereocenters. The molecule has 0 radical (unpaired) electrons. The maximum Gasteiger partial charge on any atom is 0.0735 e. The van der Waals surface area contributed by atoms with Crippen LogP contribution >= 0.6 is 23.2 Å². The summed E-state index contributed by atoms with van der Waals surface area (Å²) in [5.74, 6) is 0. The summed E-state index contributed by atoms with van der Waals surface area (Å²) < 4.78 is 5.92. The zero-order valence-electron chi connectivity index (χ0n) is 10.7. The standard InChI is InChI=1S/C14H19Cl2NO/c1-9-3-6-14(18-9)13(17-2)8-10-4-5-11(15)12(16)7-10/h4-5,7,9,13-14,17H,3,6,8H2,1-2H3. The van der Waals surface area contributed by atoms with Gasteiger partial charge in [-0.3, -0.25) is 0 Å². The van der Waals surface area contributed by atoms with E-state index in [0.29, 0.717) is 28.3 Å². The third-order valence-electron chi connectivity index (χ3n) is 3.52. The lowest BCUT2D eigenvalue weighted by molar-refractivity contribution is 0.0337. The second-order valence-corrected chi connectivity index (χ2v) is 5.72. The first kappa shape index (κ1) is 14.1. The van der Waals surface area contributed by atoms with Gasteiger partial charge in [-0.05, 0) is 50.9 Å². The Bertz CT molecular complexity index is 411. The first-order valence-corrected chi connectivity index (χ1v) is 7.12. The Balaban J connectivity index is 2.03. The molecule has 0 bridgehead atoms. The van der Waals surface area contributed by atoms with Gasteiger partial charge in [0.25, 0.3) is 0 Å². The SMILES string of the molecule is CNC(Cc1ccc(Cl)c(Cl)c1)C1CCC(C)O1. The van der Waals surface area contributed by atoms with Gasteiger partial charge in [-0.25, -0.2) is 0 Å². The molecule has 0 spiro atoms. The number of hydrogen-bond acceptors (Lipinski definition) is 2. The zero-order chi connectivity index (χ0) is 13.1. The highest BCUT2D eigenvalue weighted by Gasteiger charge is 2.28. The molecule has 18 heavy (non-hydrogen) atoms. The number of nitrogens with one attached hydrogen (secondary N) is 1. The van der Waals surface area contributed by atoms with Crippen molar-refractivity contribution < 1.29 is 4.74 Å². The predicted octanol–water partition coefficient (Wildman–Crippen LogP) is 3.69. The van der Waals surface area contributed by atoms with E-state index in [1.807, 2.05) is 25.2 Å². The van der Waals surface area contributed by atoms with Crippen molar-refractivity contribution in [3.05, 3.63) is 33.8 Å². The van der Waals surface area contributed by atoms with Gasteiger partial charge < -0.3 is 10.1 Å². The summed E-state index contributed by atoms with van der Waals surface area (Å²) >= 11 is 12.0. The van der Waals surface area contributed by atoms with Crippen molar-refractivity contribution in [1.29, 1.82) is 0 Å². The first-order valence-electron chi connectivity index (χ1n) is 6.37. The lowest BCUT2D eigenvalue weighted by Gasteiger charge is -2.23. The van der Waals surface area contributed by atoms with Crippen LogP contribution in [0.15, 0.2) is 18.2 Å². The molecule has 3 atom stereocenters. The van der Waals surface area contributed by atoms with Gasteiger partial charge in [0.15, 0.2) is 0 Å². The molecule has 0 aliphatic carbocycles. The highest BCUT2D eigenvalue weighted by atomic mass is 35.5. The molecule has 1 fully saturated rings. The van der Waals surface area contributed by atoms with Gasteiger partial charge in [-0.2, -0.15) is 0 Å². The number of benzene rings is 1. The van der Waals surface area contributed by atoms with Crippen molar-refractivity contribution in [2.45, 2.75) is 44.4 Å². The van der Waals surface area contributed by atoms with Gasteiger partial charge in [0.05, 0.1) is 22.3 Å². The fourth-order valence-corrected chi connectivity index (χ4v) is 2.79. The molecule has 1 aromatic rings. The number of likely N-dealkylation sites (N-methyl/N-ethyl adjacent to an activating group) is 1. The van der Waals surface area contributed by atoms with E-state index < -0.39 is 0 Å². The Morgan fingerprint density at radius 1 is 1.33 bits per heavy atom. The van der Waals surface area contributed by atoms with Crippen LogP contribution in [0.1, 0.15) is 25.3 Å². The van der Waals surface area contributed by atoms with Gasteiger partial charge in [-0.1, -0.05) is 29.3 Å². The molecule has 1 heterocycles. The van der Waals surface area contributed by atoms with Crippen molar-refractivity contribution in [2.75, 3.05) is 7.05 Å². The molecule has 0 amide bonds. The predicted molar refractivity (Wildman–Crippen MR) is 76.6 cm³/mol. The Morgan fingerprint density at radius 3 is 2.67 bits per heavy atom. The van der Waals surface area contributed by atoms with Crippen LogP contribution in [-0.2, 0) is 11.2 Å². The van der Waals surface area contributed by atoms with Crippen LogP contribution < -0.4 is 5.32 Å². The molecular formula is C14H19Cl2NO. The molecule has 1 aliphatic rings. The minimum absolute atomic E-state index is 0.291. The maximum absolute atomic E-state index is 6.04. The third-order valence-corrected chi connectivity index (χ3v) is 4.26. The van der Waals surface area contributed by atoms with Crippen molar-refractivity contribution in [2.24, 2.45) is 0 Å². The normalized spacial score (nSPS) is 25.3. The second kappa shape index (κ2) is 6.25. The fourth-order valence-electron chi connectivity index (χ4n) is 2.47. The van der Waals surface area contributed by atoms with E-state index in [1.165, 1.54) is 5.56 Å². The topological polar surface area (TPSA) is 21.3 Å². The van der Waals surface area contributed by atoms with E-state index in [0.717, 1.165) is 19.3 Å². The van der Waals surface area contributed by atoms with Gasteiger partial charge in [-0.15, -0.1) is 0 Å². The lowest BCUT2D eigenvalue weighted by Crippen LogP contribution is -2.39. The Morgan fingerprint density at radius 2 is 2.11 bits per heavy atom. The van der Waals surface area contributed by atoms with Crippen LogP contribution in [0.25, 0.3) is 0 Å². The van der Waals surface area contributed by atoms with Crippen molar-refractivity contribution in [3.8, 4) is 0 Å². The second-order valence-electron chi connectivity index (χ2n) is 4.91. The van der Waals surface area contributed by atoms with Crippen molar-refractivity contribution in [3.63, 3.8) is 0 Å². The lowest BCUT2D eigenvalue weighted by atomic mass is 9.99. The minimum atomic E-state index is 0.291. The van der Waals surface area contributed by atoms with E-state index >= 15 is 0 Å². The average molecular weight is 288 g/mol. The van der Waals surface area contributed by atoms with Crippen LogP contribution in [0.2, 0.25) is 10.0 Å². The molecule has 4 heteroatoms. The highest BCUT2D eigenvalue weighted by Crippen LogP contribution is 2.26. The van der Waals surface area contributed by atoms with Crippen LogP contribution in [0.4, 0.5) is 0 Å². The summed E-state index contributed by atoms with van der Waals surface area (Å²) in [5, 5.41) is 4.57. The van der Waals surface area contributed by atoms with Crippen LogP contribution in [0, 0.1) is 0 Å². The van der Waals surface area contributed by atoms with Crippen LogP contribution in [0.3, 0.4) is 0 Å². The average Bonchev–Trinajstić information content (AvgIpc) is 2.77. The summed E-state index contributed by atoms with van der Waals surface area (Å²) in [6, 6.07) is 6.14. The van der Waals surface area contributed by atoms with Gasteiger partial charge in [0, 0.05) is 6.04 Å². The number of ether oxygens (including phenoxy) is 1. The number of rotatable bonds is 4. The third kappa shape index (κ3) is 3.39. The number of hydrogen-bond donors (Lipinski definition) is 1. The van der Waals surface area contributed by atoms with E-state index in [1.54, 1.807) is 0 Å². The van der Waals surface area contributed by atoms with Gasteiger partial charge in [0.1, 0.15) is 0 Å². The van der Waals surface area contributed by atoms with Crippen molar-refractivity contribution in [1.82, 2.24) is 5.32 Å². The molecular weight excluding hydrogens is 269 g/mol. The molecule has 2 rings (SSSR count). The molecule has 0 aromatic heterocycles. The smallest absolute Gasteiger partial charge is 0.0735 e. The molecule has 1 aromatic carbocycles. The minimum Gasteiger partial charge on any atom is -0.374 e. The van der Waals surface area contributed by atoms with E-state index in [-0.39, 0.29) is 0 Å². The molecule has 100 valence electrons. The zero-order valence-corrected chi connectivity index (χ0v) is 12.3. The summed E-state index contributed by atoms with van der Waals surface area (Å²) in [7, 11) is 1.98. The molecule has 1 N–H and O–H groups in total. The molecule has 2 nitrogen and oxygen atoms in total. The Labute approximate surface area is 119 Å². The monoisotopic (exact) mass is 287 g/mol. The first-order chi connectivity index (χ1) is 8.60. The maximum atomic E-state index is 6.04. The quantitative estimate of drug-likeness (QED) is 0.912. The van der Waals surface area contributed by atoms with E-state index in [4.69, 9.17) is 27.9 Å². The Kier molecular flexibility index (Phi) is 4.91. The molecule has 0 saturated carbocycles. The van der Waals surface area contributed by atoms with Crippen LogP contribution in [0.5, 0.6) is 0 Å². The van der Waals surface area contributed by atoms with Gasteiger partial charge >= 0.3 is 0 Å². The molecule has 1 saturated heterocycles. The Hall–Kier alpha value is -0.280. The summed E-state index contributed by atoms with van der Waals surface area (Å²) in [6.07, 6.45) is 3.84. The van der Waals surface area contributed by atoms with E-state index in [9.17, 15) is 0 Å². The largest absolute Gasteiger partial charge is 0.374 e. The fraction of sp³-hybridized carbons (Fsp3) is 0.571. The summed E-state index contributed by atoms with van der Waals surface area (Å²) in [6.45, 7) is 2.13. The van der Waals surface area contributed by atoms with Crippen LogP contribution in [-0.4, -0.2) is 25.3 Å².